The number of hydrogen-bond acceptors (Lipinski definition) is 3. The van der Waals surface area contributed by atoms with Gasteiger partial charge in [0.15, 0.2) is 6.61 Å². The Bertz CT molecular complexity index is 864. The molecule has 7 heteroatoms. The molecule has 0 bridgehead atoms. The number of carbonyl (C=O) groups is 2. The highest BCUT2D eigenvalue weighted by molar-refractivity contribution is 5.97. The Morgan fingerprint density at radius 3 is 2.63 bits per heavy atom. The van der Waals surface area contributed by atoms with Crippen LogP contribution in [0.1, 0.15) is 23.6 Å². The van der Waals surface area contributed by atoms with Crippen molar-refractivity contribution in [3.8, 4) is 0 Å². The van der Waals surface area contributed by atoms with Crippen LogP contribution in [0.15, 0.2) is 48.5 Å². The van der Waals surface area contributed by atoms with Crippen LogP contribution in [-0.2, 0) is 33.3 Å². The lowest BCUT2D eigenvalue weighted by atomic mass is 10.1. The van der Waals surface area contributed by atoms with Crippen LogP contribution in [0.25, 0.3) is 0 Å². The van der Waals surface area contributed by atoms with E-state index in [9.17, 15) is 22.8 Å². The van der Waals surface area contributed by atoms with Gasteiger partial charge in [-0.25, -0.2) is 0 Å². The highest BCUT2D eigenvalue weighted by atomic mass is 19.4. The maximum atomic E-state index is 12.7. The van der Waals surface area contributed by atoms with Crippen molar-refractivity contribution in [2.75, 3.05) is 11.5 Å². The van der Waals surface area contributed by atoms with E-state index in [1.165, 1.54) is 12.1 Å². The fourth-order valence-electron chi connectivity index (χ4n) is 3.23. The molecule has 142 valence electrons. The van der Waals surface area contributed by atoms with Crippen LogP contribution in [0.3, 0.4) is 0 Å². The van der Waals surface area contributed by atoms with Gasteiger partial charge < -0.3 is 9.64 Å². The molecule has 1 atom stereocenters. The van der Waals surface area contributed by atoms with Gasteiger partial charge in [-0.3, -0.25) is 9.59 Å². The lowest BCUT2D eigenvalue weighted by molar-refractivity contribution is -0.147. The van der Waals surface area contributed by atoms with E-state index in [4.69, 9.17) is 4.74 Å². The molecule has 1 heterocycles. The third-order valence-corrected chi connectivity index (χ3v) is 4.44. The van der Waals surface area contributed by atoms with E-state index in [1.54, 1.807) is 4.90 Å². The number of alkyl halides is 3. The normalized spacial score (nSPS) is 16.1. The Labute approximate surface area is 154 Å². The first-order valence-corrected chi connectivity index (χ1v) is 8.47. The van der Waals surface area contributed by atoms with Gasteiger partial charge in [-0.05, 0) is 36.6 Å². The van der Waals surface area contributed by atoms with Crippen LogP contribution in [0.4, 0.5) is 18.9 Å². The van der Waals surface area contributed by atoms with Crippen molar-refractivity contribution in [2.24, 2.45) is 0 Å². The van der Waals surface area contributed by atoms with Gasteiger partial charge in [0.05, 0.1) is 12.0 Å². The minimum absolute atomic E-state index is 0.0444. The lowest BCUT2D eigenvalue weighted by Gasteiger charge is -2.22. The number of ether oxygens (including phenoxy) is 1. The first kappa shape index (κ1) is 18.9. The third-order valence-electron chi connectivity index (χ3n) is 4.44. The SMILES string of the molecule is C[C@@H]1Cc2ccccc2N1C(=O)COC(=O)Cc1cccc(C(F)(F)F)c1. The summed E-state index contributed by atoms with van der Waals surface area (Å²) in [7, 11) is 0. The number of esters is 1. The van der Waals surface area contributed by atoms with Crippen LogP contribution >= 0.6 is 0 Å². The van der Waals surface area contributed by atoms with Gasteiger partial charge in [0, 0.05) is 11.7 Å². The average Bonchev–Trinajstić information content (AvgIpc) is 2.95. The van der Waals surface area contributed by atoms with Crippen LogP contribution in [0.2, 0.25) is 0 Å². The molecule has 2 aromatic carbocycles. The van der Waals surface area contributed by atoms with Gasteiger partial charge in [0.25, 0.3) is 5.91 Å². The van der Waals surface area contributed by atoms with Crippen molar-refractivity contribution in [2.45, 2.75) is 32.0 Å². The molecule has 0 aliphatic carbocycles. The van der Waals surface area contributed by atoms with E-state index in [-0.39, 0.29) is 23.9 Å². The molecule has 2 aromatic rings. The molecule has 0 unspecified atom stereocenters. The van der Waals surface area contributed by atoms with Crippen LogP contribution in [0, 0.1) is 0 Å². The Kier molecular flexibility index (Phi) is 5.21. The van der Waals surface area contributed by atoms with Crippen LogP contribution in [-0.4, -0.2) is 24.5 Å². The summed E-state index contributed by atoms with van der Waals surface area (Å²) in [4.78, 5) is 26.0. The number of halogens is 3. The summed E-state index contributed by atoms with van der Waals surface area (Å²) in [6, 6.07) is 12.0. The number of benzene rings is 2. The van der Waals surface area contributed by atoms with E-state index in [0.717, 1.165) is 29.8 Å². The van der Waals surface area contributed by atoms with Crippen molar-refractivity contribution < 1.29 is 27.5 Å². The molecule has 1 amide bonds. The number of anilines is 1. The van der Waals surface area contributed by atoms with Gasteiger partial charge in [-0.2, -0.15) is 13.2 Å². The van der Waals surface area contributed by atoms with E-state index >= 15 is 0 Å². The van der Waals surface area contributed by atoms with Crippen molar-refractivity contribution in [3.63, 3.8) is 0 Å². The number of rotatable bonds is 4. The van der Waals surface area contributed by atoms with Gasteiger partial charge in [0.2, 0.25) is 0 Å². The van der Waals surface area contributed by atoms with E-state index in [1.807, 2.05) is 31.2 Å². The number of hydrogen-bond donors (Lipinski definition) is 0. The smallest absolute Gasteiger partial charge is 0.416 e. The maximum Gasteiger partial charge on any atom is 0.416 e. The lowest BCUT2D eigenvalue weighted by Crippen LogP contribution is -2.38. The first-order chi connectivity index (χ1) is 12.8. The molecule has 4 nitrogen and oxygen atoms in total. The summed E-state index contributed by atoms with van der Waals surface area (Å²) in [5.41, 5.74) is 1.20. The second kappa shape index (κ2) is 7.42. The zero-order valence-corrected chi connectivity index (χ0v) is 14.6. The fraction of sp³-hybridized carbons (Fsp3) is 0.300. The molecule has 0 aromatic heterocycles. The summed E-state index contributed by atoms with van der Waals surface area (Å²) in [5, 5.41) is 0. The van der Waals surface area contributed by atoms with E-state index < -0.39 is 24.3 Å². The zero-order valence-electron chi connectivity index (χ0n) is 14.6. The molecule has 0 spiro atoms. The van der Waals surface area contributed by atoms with Crippen LogP contribution < -0.4 is 4.90 Å². The van der Waals surface area contributed by atoms with Crippen molar-refractivity contribution in [1.82, 2.24) is 0 Å². The second-order valence-corrected chi connectivity index (χ2v) is 6.48. The number of carbonyl (C=O) groups excluding carboxylic acids is 2. The maximum absolute atomic E-state index is 12.7. The van der Waals surface area contributed by atoms with E-state index in [2.05, 4.69) is 0 Å². The molecule has 3 rings (SSSR count). The van der Waals surface area contributed by atoms with Crippen molar-refractivity contribution in [3.05, 3.63) is 65.2 Å². The summed E-state index contributed by atoms with van der Waals surface area (Å²) in [5.74, 6) is -1.10. The highest BCUT2D eigenvalue weighted by Crippen LogP contribution is 2.32. The quantitative estimate of drug-likeness (QED) is 0.762. The first-order valence-electron chi connectivity index (χ1n) is 8.47. The largest absolute Gasteiger partial charge is 0.455 e. The summed E-state index contributed by atoms with van der Waals surface area (Å²) in [6.07, 6.45) is -4.08. The summed E-state index contributed by atoms with van der Waals surface area (Å²) < 4.78 is 43.2. The Morgan fingerprint density at radius 2 is 1.89 bits per heavy atom. The third kappa shape index (κ3) is 4.30. The Balaban J connectivity index is 1.59. The topological polar surface area (TPSA) is 46.6 Å². The number of fused-ring (bicyclic) bond motifs is 1. The fourth-order valence-corrected chi connectivity index (χ4v) is 3.23. The monoisotopic (exact) mass is 377 g/mol. The van der Waals surface area contributed by atoms with Gasteiger partial charge >= 0.3 is 12.1 Å². The molecule has 27 heavy (non-hydrogen) atoms. The van der Waals surface area contributed by atoms with Crippen LogP contribution in [0.5, 0.6) is 0 Å². The number of amides is 1. The second-order valence-electron chi connectivity index (χ2n) is 6.48. The number of nitrogens with zero attached hydrogens (tertiary/aromatic N) is 1. The van der Waals surface area contributed by atoms with Crippen molar-refractivity contribution in [1.29, 1.82) is 0 Å². The van der Waals surface area contributed by atoms with Gasteiger partial charge in [0.1, 0.15) is 0 Å². The molecule has 0 saturated carbocycles. The average molecular weight is 377 g/mol. The molecular formula is C20H18F3NO3. The summed E-state index contributed by atoms with van der Waals surface area (Å²) in [6.45, 7) is 1.46. The Hall–Kier alpha value is -2.83. The minimum Gasteiger partial charge on any atom is -0.455 e. The summed E-state index contributed by atoms with van der Waals surface area (Å²) >= 11 is 0. The van der Waals surface area contributed by atoms with Gasteiger partial charge in [-0.15, -0.1) is 0 Å². The molecule has 0 radical (unpaired) electrons. The molecule has 0 saturated heterocycles. The number of para-hydroxylation sites is 1. The highest BCUT2D eigenvalue weighted by Gasteiger charge is 2.32. The zero-order chi connectivity index (χ0) is 19.6. The standard InChI is InChI=1S/C20H18F3NO3/c1-13-9-15-6-2-3-8-17(15)24(13)18(25)12-27-19(26)11-14-5-4-7-16(10-14)20(21,22)23/h2-8,10,13H,9,11-12H2,1H3/t13-/m1/s1. The van der Waals surface area contributed by atoms with Gasteiger partial charge in [-0.1, -0.05) is 36.4 Å². The molecule has 0 N–H and O–H groups in total. The molecule has 1 aliphatic rings. The minimum atomic E-state index is -4.48. The predicted molar refractivity (Wildman–Crippen MR) is 93.2 cm³/mol. The predicted octanol–water partition coefficient (Wildman–Crippen LogP) is 3.77. The molecule has 1 aliphatic heterocycles. The van der Waals surface area contributed by atoms with E-state index in [0.29, 0.717) is 0 Å². The van der Waals surface area contributed by atoms with Crippen molar-refractivity contribution >= 4 is 17.6 Å². The molecule has 0 fully saturated rings. The Morgan fingerprint density at radius 1 is 1.15 bits per heavy atom. The molecular weight excluding hydrogens is 359 g/mol.